The van der Waals surface area contributed by atoms with E-state index in [9.17, 15) is 0 Å². The predicted molar refractivity (Wildman–Crippen MR) is 80.5 cm³/mol. The lowest BCUT2D eigenvalue weighted by Crippen LogP contribution is -2.31. The average molecular weight is 249 g/mol. The van der Waals surface area contributed by atoms with E-state index in [1.54, 1.807) is 0 Å². The van der Waals surface area contributed by atoms with Gasteiger partial charge in [0.05, 0.1) is 0 Å². The fraction of sp³-hybridized carbons (Fsp3) is 0.600. The minimum absolute atomic E-state index is 1.04. The zero-order chi connectivity index (χ0) is 13.4. The number of aryl methyl sites for hydroxylation is 1. The van der Waals surface area contributed by atoms with Gasteiger partial charge in [-0.3, -0.25) is 0 Å². The SMILES string of the molecule is Cc1ccccc1N(C)CCNCCCN(C)C. The topological polar surface area (TPSA) is 18.5 Å². The maximum Gasteiger partial charge on any atom is 0.0393 e. The van der Waals surface area contributed by atoms with Gasteiger partial charge < -0.3 is 15.1 Å². The van der Waals surface area contributed by atoms with Crippen LogP contribution >= 0.6 is 0 Å². The Morgan fingerprint density at radius 2 is 1.72 bits per heavy atom. The van der Waals surface area contributed by atoms with Gasteiger partial charge in [-0.1, -0.05) is 18.2 Å². The Kier molecular flexibility index (Phi) is 6.76. The van der Waals surface area contributed by atoms with E-state index in [0.29, 0.717) is 0 Å². The molecule has 0 saturated carbocycles. The first-order valence-electron chi connectivity index (χ1n) is 6.73. The normalized spacial score (nSPS) is 10.9. The zero-order valence-electron chi connectivity index (χ0n) is 12.2. The maximum absolute atomic E-state index is 3.49. The molecular weight excluding hydrogens is 222 g/mol. The van der Waals surface area contributed by atoms with Crippen molar-refractivity contribution < 1.29 is 0 Å². The smallest absolute Gasteiger partial charge is 0.0393 e. The Hall–Kier alpha value is -1.06. The molecule has 1 aromatic carbocycles. The molecule has 0 spiro atoms. The van der Waals surface area contributed by atoms with Crippen LogP contribution in [0.3, 0.4) is 0 Å². The number of hydrogen-bond acceptors (Lipinski definition) is 3. The molecule has 3 nitrogen and oxygen atoms in total. The van der Waals surface area contributed by atoms with Crippen LogP contribution in [0.1, 0.15) is 12.0 Å². The van der Waals surface area contributed by atoms with Gasteiger partial charge in [-0.2, -0.15) is 0 Å². The molecule has 0 aliphatic rings. The molecule has 0 radical (unpaired) electrons. The molecule has 0 aromatic heterocycles. The first kappa shape index (κ1) is 15.0. The summed E-state index contributed by atoms with van der Waals surface area (Å²) < 4.78 is 0. The number of likely N-dealkylation sites (N-methyl/N-ethyl adjacent to an activating group) is 1. The molecular formula is C15H27N3. The molecule has 0 aliphatic carbocycles. The van der Waals surface area contributed by atoms with Crippen molar-refractivity contribution in [1.82, 2.24) is 10.2 Å². The molecule has 102 valence electrons. The largest absolute Gasteiger partial charge is 0.373 e. The molecule has 0 bridgehead atoms. The van der Waals surface area contributed by atoms with Crippen molar-refractivity contribution in [2.45, 2.75) is 13.3 Å². The van der Waals surface area contributed by atoms with E-state index in [2.05, 4.69) is 67.4 Å². The van der Waals surface area contributed by atoms with Crippen molar-refractivity contribution in [3.05, 3.63) is 29.8 Å². The van der Waals surface area contributed by atoms with Crippen molar-refractivity contribution in [3.8, 4) is 0 Å². The number of benzene rings is 1. The molecule has 0 saturated heterocycles. The molecule has 0 aliphatic heterocycles. The highest BCUT2D eigenvalue weighted by Crippen LogP contribution is 2.16. The lowest BCUT2D eigenvalue weighted by Gasteiger charge is -2.21. The molecule has 0 heterocycles. The van der Waals surface area contributed by atoms with Crippen LogP contribution in [0.2, 0.25) is 0 Å². The third-order valence-electron chi connectivity index (χ3n) is 3.11. The molecule has 18 heavy (non-hydrogen) atoms. The second-order valence-corrected chi connectivity index (χ2v) is 5.11. The Bertz CT molecular complexity index is 336. The number of anilines is 1. The Morgan fingerprint density at radius 3 is 2.39 bits per heavy atom. The van der Waals surface area contributed by atoms with Crippen LogP contribution in [0.25, 0.3) is 0 Å². The minimum atomic E-state index is 1.04. The molecule has 3 heteroatoms. The van der Waals surface area contributed by atoms with Crippen molar-refractivity contribution in [2.24, 2.45) is 0 Å². The number of para-hydroxylation sites is 1. The first-order valence-corrected chi connectivity index (χ1v) is 6.73. The quantitative estimate of drug-likeness (QED) is 0.711. The third kappa shape index (κ3) is 5.52. The predicted octanol–water partition coefficient (Wildman–Crippen LogP) is 1.97. The van der Waals surface area contributed by atoms with Gasteiger partial charge >= 0.3 is 0 Å². The van der Waals surface area contributed by atoms with Gasteiger partial charge in [0.15, 0.2) is 0 Å². The third-order valence-corrected chi connectivity index (χ3v) is 3.11. The van der Waals surface area contributed by atoms with Crippen LogP contribution in [0.4, 0.5) is 5.69 Å². The van der Waals surface area contributed by atoms with Crippen molar-refractivity contribution in [2.75, 3.05) is 52.2 Å². The van der Waals surface area contributed by atoms with Gasteiger partial charge in [0, 0.05) is 25.8 Å². The van der Waals surface area contributed by atoms with E-state index in [1.165, 1.54) is 17.7 Å². The zero-order valence-corrected chi connectivity index (χ0v) is 12.2. The van der Waals surface area contributed by atoms with E-state index in [4.69, 9.17) is 0 Å². The molecule has 0 fully saturated rings. The van der Waals surface area contributed by atoms with Gasteiger partial charge in [0.1, 0.15) is 0 Å². The Morgan fingerprint density at radius 1 is 1.00 bits per heavy atom. The highest BCUT2D eigenvalue weighted by atomic mass is 15.1. The Balaban J connectivity index is 2.18. The fourth-order valence-corrected chi connectivity index (χ4v) is 2.00. The molecule has 0 amide bonds. The van der Waals surface area contributed by atoms with Crippen molar-refractivity contribution >= 4 is 5.69 Å². The number of nitrogens with zero attached hydrogens (tertiary/aromatic N) is 2. The van der Waals surface area contributed by atoms with Gasteiger partial charge in [0.2, 0.25) is 0 Å². The van der Waals surface area contributed by atoms with Crippen molar-refractivity contribution in [3.63, 3.8) is 0 Å². The highest BCUT2D eigenvalue weighted by Gasteiger charge is 2.02. The van der Waals surface area contributed by atoms with Crippen LogP contribution in [0.5, 0.6) is 0 Å². The first-order chi connectivity index (χ1) is 8.61. The molecule has 0 unspecified atom stereocenters. The van der Waals surface area contributed by atoms with Crippen molar-refractivity contribution in [1.29, 1.82) is 0 Å². The lowest BCUT2D eigenvalue weighted by molar-refractivity contribution is 0.395. The Labute approximate surface area is 112 Å². The van der Waals surface area contributed by atoms with E-state index in [-0.39, 0.29) is 0 Å². The van der Waals surface area contributed by atoms with Crippen LogP contribution in [-0.4, -0.2) is 52.2 Å². The van der Waals surface area contributed by atoms with Gasteiger partial charge in [-0.15, -0.1) is 0 Å². The minimum Gasteiger partial charge on any atom is -0.373 e. The summed E-state index contributed by atoms with van der Waals surface area (Å²) in [4.78, 5) is 4.54. The van der Waals surface area contributed by atoms with Gasteiger partial charge in [-0.25, -0.2) is 0 Å². The van der Waals surface area contributed by atoms with Crippen LogP contribution in [0, 0.1) is 6.92 Å². The molecule has 1 N–H and O–H groups in total. The van der Waals surface area contributed by atoms with Crippen LogP contribution in [0.15, 0.2) is 24.3 Å². The summed E-state index contributed by atoms with van der Waals surface area (Å²) >= 11 is 0. The monoisotopic (exact) mass is 249 g/mol. The van der Waals surface area contributed by atoms with E-state index in [1.807, 2.05) is 0 Å². The van der Waals surface area contributed by atoms with E-state index >= 15 is 0 Å². The summed E-state index contributed by atoms with van der Waals surface area (Å²) in [6.07, 6.45) is 1.21. The van der Waals surface area contributed by atoms with Gasteiger partial charge in [-0.05, 0) is 52.2 Å². The second kappa shape index (κ2) is 8.11. The summed E-state index contributed by atoms with van der Waals surface area (Å²) in [5, 5.41) is 3.49. The summed E-state index contributed by atoms with van der Waals surface area (Å²) in [6.45, 7) is 6.50. The highest BCUT2D eigenvalue weighted by molar-refractivity contribution is 5.52. The summed E-state index contributed by atoms with van der Waals surface area (Å²) in [5.74, 6) is 0. The van der Waals surface area contributed by atoms with Crippen LogP contribution in [-0.2, 0) is 0 Å². The molecule has 1 aromatic rings. The average Bonchev–Trinajstić information content (AvgIpc) is 2.33. The van der Waals surface area contributed by atoms with Gasteiger partial charge in [0.25, 0.3) is 0 Å². The number of nitrogens with one attached hydrogen (secondary N) is 1. The summed E-state index contributed by atoms with van der Waals surface area (Å²) in [5.41, 5.74) is 2.67. The summed E-state index contributed by atoms with van der Waals surface area (Å²) in [6, 6.07) is 8.53. The maximum atomic E-state index is 3.49. The second-order valence-electron chi connectivity index (χ2n) is 5.11. The fourth-order valence-electron chi connectivity index (χ4n) is 2.00. The summed E-state index contributed by atoms with van der Waals surface area (Å²) in [7, 11) is 6.39. The van der Waals surface area contributed by atoms with E-state index in [0.717, 1.165) is 26.2 Å². The number of rotatable bonds is 8. The molecule has 1 rings (SSSR count). The van der Waals surface area contributed by atoms with Crippen LogP contribution < -0.4 is 10.2 Å². The number of hydrogen-bond donors (Lipinski definition) is 1. The molecule has 0 atom stereocenters. The standard InChI is InChI=1S/C15H27N3/c1-14-8-5-6-9-15(14)18(4)13-11-16-10-7-12-17(2)3/h5-6,8-9,16H,7,10-13H2,1-4H3. The lowest BCUT2D eigenvalue weighted by atomic mass is 10.2. The van der Waals surface area contributed by atoms with E-state index < -0.39 is 0 Å².